The van der Waals surface area contributed by atoms with Crippen LogP contribution >= 0.6 is 15.9 Å². The highest BCUT2D eigenvalue weighted by Crippen LogP contribution is 2.35. The van der Waals surface area contributed by atoms with Crippen molar-refractivity contribution in [3.63, 3.8) is 0 Å². The minimum atomic E-state index is -0.0847. The second-order valence-corrected chi connectivity index (χ2v) is 6.34. The molecule has 2 heterocycles. The van der Waals surface area contributed by atoms with Crippen molar-refractivity contribution in [2.75, 3.05) is 12.4 Å². The number of rotatable bonds is 3. The quantitative estimate of drug-likeness (QED) is 0.740. The molecule has 1 atom stereocenters. The average Bonchev–Trinajstić information content (AvgIpc) is 3.10. The number of aromatic nitrogens is 3. The lowest BCUT2D eigenvalue weighted by molar-refractivity contribution is 0.404. The van der Waals surface area contributed by atoms with E-state index >= 15 is 0 Å². The maximum absolute atomic E-state index is 5.53. The molecule has 24 heavy (non-hydrogen) atoms. The number of ether oxygens (including phenoxy) is 1. The lowest BCUT2D eigenvalue weighted by atomic mass is 10.0. The molecule has 0 radical (unpaired) electrons. The Morgan fingerprint density at radius 1 is 1.12 bits per heavy atom. The fourth-order valence-corrected chi connectivity index (χ4v) is 3.13. The highest BCUT2D eigenvalue weighted by atomic mass is 79.9. The lowest BCUT2D eigenvalue weighted by Crippen LogP contribution is -2.20. The predicted octanol–water partition coefficient (Wildman–Crippen LogP) is 4.11. The molecule has 1 aliphatic rings. The Labute approximate surface area is 148 Å². The van der Waals surface area contributed by atoms with E-state index in [9.17, 15) is 0 Å². The van der Waals surface area contributed by atoms with Crippen molar-refractivity contribution >= 4 is 27.6 Å². The summed E-state index contributed by atoms with van der Waals surface area (Å²) in [5.41, 5.74) is 3.13. The number of fused-ring (bicyclic) bond motifs is 1. The Balaban J connectivity index is 1.83. The van der Waals surface area contributed by atoms with Gasteiger partial charge in [0.15, 0.2) is 0 Å². The van der Waals surface area contributed by atoms with E-state index in [-0.39, 0.29) is 6.04 Å². The molecule has 6 heteroatoms. The summed E-state index contributed by atoms with van der Waals surface area (Å²) in [6.45, 7) is 0. The summed E-state index contributed by atoms with van der Waals surface area (Å²) in [6, 6.07) is 16.1. The van der Waals surface area contributed by atoms with E-state index in [2.05, 4.69) is 55.6 Å². The second kappa shape index (κ2) is 6.13. The molecule has 0 amide bonds. The van der Waals surface area contributed by atoms with Crippen LogP contribution < -0.4 is 10.1 Å². The summed E-state index contributed by atoms with van der Waals surface area (Å²) < 4.78 is 8.44. The van der Waals surface area contributed by atoms with Gasteiger partial charge in [-0.1, -0.05) is 46.3 Å². The van der Waals surface area contributed by atoms with Crippen LogP contribution in [0.4, 0.5) is 5.95 Å². The zero-order valence-corrected chi connectivity index (χ0v) is 14.6. The molecule has 1 aliphatic heterocycles. The number of hydrogen-bond acceptors (Lipinski definition) is 4. The van der Waals surface area contributed by atoms with Gasteiger partial charge in [-0.05, 0) is 29.8 Å². The minimum Gasteiger partial charge on any atom is -0.496 e. The molecule has 1 aromatic heterocycles. The molecule has 120 valence electrons. The van der Waals surface area contributed by atoms with Gasteiger partial charge in [-0.25, -0.2) is 4.68 Å². The number of anilines is 1. The third-order valence-corrected chi connectivity index (χ3v) is 4.55. The van der Waals surface area contributed by atoms with Crippen LogP contribution in [0.3, 0.4) is 0 Å². The van der Waals surface area contributed by atoms with Crippen LogP contribution in [0.25, 0.3) is 5.70 Å². The number of allylic oxidation sites excluding steroid dienone is 1. The molecule has 5 nitrogen and oxygen atoms in total. The summed E-state index contributed by atoms with van der Waals surface area (Å²) in [5.74, 6) is 1.54. The number of halogens is 1. The van der Waals surface area contributed by atoms with Crippen molar-refractivity contribution < 1.29 is 4.74 Å². The summed E-state index contributed by atoms with van der Waals surface area (Å²) in [4.78, 5) is 4.33. The molecule has 0 bridgehead atoms. The smallest absolute Gasteiger partial charge is 0.226 e. The third-order valence-electron chi connectivity index (χ3n) is 4.02. The van der Waals surface area contributed by atoms with Gasteiger partial charge in [0, 0.05) is 15.7 Å². The van der Waals surface area contributed by atoms with Crippen molar-refractivity contribution in [3.05, 3.63) is 76.5 Å². The zero-order chi connectivity index (χ0) is 16.5. The van der Waals surface area contributed by atoms with Crippen LogP contribution in [0, 0.1) is 0 Å². The maximum atomic E-state index is 5.53. The summed E-state index contributed by atoms with van der Waals surface area (Å²) in [6.07, 6.45) is 3.70. The van der Waals surface area contributed by atoms with E-state index in [0.29, 0.717) is 5.95 Å². The molecule has 0 saturated carbocycles. The molecule has 4 rings (SSSR count). The number of benzene rings is 2. The van der Waals surface area contributed by atoms with E-state index < -0.39 is 0 Å². The van der Waals surface area contributed by atoms with Gasteiger partial charge >= 0.3 is 0 Å². The van der Waals surface area contributed by atoms with Crippen molar-refractivity contribution in [2.24, 2.45) is 0 Å². The second-order valence-electron chi connectivity index (χ2n) is 5.43. The fraction of sp³-hybridized carbons (Fsp3) is 0.111. The summed E-state index contributed by atoms with van der Waals surface area (Å²) in [5, 5.41) is 7.71. The van der Waals surface area contributed by atoms with Crippen LogP contribution in [0.15, 0.2) is 65.4 Å². The SMILES string of the molecule is COc1ccccc1C1C=C(c2ccc(Br)cc2)Nc2ncnn21. The topological polar surface area (TPSA) is 52.0 Å². The Bertz CT molecular complexity index is 901. The number of nitrogens with zero attached hydrogens (tertiary/aromatic N) is 3. The molecule has 0 saturated heterocycles. The van der Waals surface area contributed by atoms with Gasteiger partial charge in [-0.15, -0.1) is 0 Å². The van der Waals surface area contributed by atoms with E-state index in [1.807, 2.05) is 35.0 Å². The fourth-order valence-electron chi connectivity index (χ4n) is 2.86. The Morgan fingerprint density at radius 3 is 2.71 bits per heavy atom. The van der Waals surface area contributed by atoms with E-state index in [1.54, 1.807) is 13.4 Å². The van der Waals surface area contributed by atoms with Crippen molar-refractivity contribution in [1.82, 2.24) is 14.8 Å². The number of nitrogens with one attached hydrogen (secondary N) is 1. The highest BCUT2D eigenvalue weighted by molar-refractivity contribution is 9.10. The van der Waals surface area contributed by atoms with Gasteiger partial charge in [-0.3, -0.25) is 0 Å². The molecule has 0 spiro atoms. The minimum absolute atomic E-state index is 0.0847. The first-order valence-electron chi connectivity index (χ1n) is 7.53. The van der Waals surface area contributed by atoms with Gasteiger partial charge in [0.1, 0.15) is 18.1 Å². The van der Waals surface area contributed by atoms with E-state index in [0.717, 1.165) is 27.0 Å². The van der Waals surface area contributed by atoms with Crippen molar-refractivity contribution in [1.29, 1.82) is 0 Å². The predicted molar refractivity (Wildman–Crippen MR) is 96.9 cm³/mol. The molecule has 1 N–H and O–H groups in total. The highest BCUT2D eigenvalue weighted by Gasteiger charge is 2.25. The molecular weight excluding hydrogens is 368 g/mol. The molecular formula is C18H15BrN4O. The van der Waals surface area contributed by atoms with Crippen LogP contribution in [0.2, 0.25) is 0 Å². The number of methoxy groups -OCH3 is 1. The molecule has 3 aromatic rings. The van der Waals surface area contributed by atoms with Gasteiger partial charge in [0.05, 0.1) is 7.11 Å². The summed E-state index contributed by atoms with van der Waals surface area (Å²) >= 11 is 3.47. The molecule has 1 unspecified atom stereocenters. The first-order valence-corrected chi connectivity index (χ1v) is 8.33. The number of hydrogen-bond donors (Lipinski definition) is 1. The van der Waals surface area contributed by atoms with Crippen molar-refractivity contribution in [2.45, 2.75) is 6.04 Å². The van der Waals surface area contributed by atoms with Crippen LogP contribution in [-0.4, -0.2) is 21.9 Å². The average molecular weight is 383 g/mol. The first-order chi connectivity index (χ1) is 11.8. The standard InChI is InChI=1S/C18H15BrN4O/c1-24-17-5-3-2-4-14(17)16-10-15(12-6-8-13(19)9-7-12)22-18-20-11-21-23(16)18/h2-11,16H,1H3,(H,20,21,22). The number of para-hydroxylation sites is 1. The van der Waals surface area contributed by atoms with Crippen LogP contribution in [0.1, 0.15) is 17.2 Å². The summed E-state index contributed by atoms with van der Waals surface area (Å²) in [7, 11) is 1.68. The monoisotopic (exact) mass is 382 g/mol. The third kappa shape index (κ3) is 2.59. The van der Waals surface area contributed by atoms with E-state index in [4.69, 9.17) is 4.74 Å². The molecule has 2 aromatic carbocycles. The maximum Gasteiger partial charge on any atom is 0.226 e. The van der Waals surface area contributed by atoms with Gasteiger partial charge in [0.25, 0.3) is 0 Å². The van der Waals surface area contributed by atoms with Gasteiger partial charge in [0.2, 0.25) is 5.95 Å². The lowest BCUT2D eigenvalue weighted by Gasteiger charge is -2.25. The Kier molecular flexibility index (Phi) is 3.82. The van der Waals surface area contributed by atoms with Crippen LogP contribution in [0.5, 0.6) is 5.75 Å². The Hall–Kier alpha value is -2.60. The zero-order valence-electron chi connectivity index (χ0n) is 13.0. The largest absolute Gasteiger partial charge is 0.496 e. The van der Waals surface area contributed by atoms with E-state index in [1.165, 1.54) is 0 Å². The normalized spacial score (nSPS) is 16.1. The van der Waals surface area contributed by atoms with Gasteiger partial charge < -0.3 is 10.1 Å². The van der Waals surface area contributed by atoms with Crippen molar-refractivity contribution in [3.8, 4) is 5.75 Å². The molecule has 0 fully saturated rings. The Morgan fingerprint density at radius 2 is 1.92 bits per heavy atom. The van der Waals surface area contributed by atoms with Crippen LogP contribution in [-0.2, 0) is 0 Å². The van der Waals surface area contributed by atoms with Gasteiger partial charge in [-0.2, -0.15) is 10.1 Å². The first kappa shape index (κ1) is 15.0. The molecule has 0 aliphatic carbocycles.